The summed E-state index contributed by atoms with van der Waals surface area (Å²) in [6.07, 6.45) is 2.56. The fourth-order valence-corrected chi connectivity index (χ4v) is 1.71. The Morgan fingerprint density at radius 2 is 1.41 bits per heavy atom. The Hall–Kier alpha value is -2.88. The van der Waals surface area contributed by atoms with Gasteiger partial charge in [0, 0.05) is 11.1 Å². The van der Waals surface area contributed by atoms with E-state index in [-0.39, 0.29) is 22.6 Å². The lowest BCUT2D eigenvalue weighted by Crippen LogP contribution is -2.06. The van der Waals surface area contributed by atoms with E-state index in [2.05, 4.69) is 13.2 Å². The summed E-state index contributed by atoms with van der Waals surface area (Å²) in [5.41, 5.74) is 1.16. The number of epoxide rings is 2. The van der Waals surface area contributed by atoms with E-state index < -0.39 is 11.9 Å². The summed E-state index contributed by atoms with van der Waals surface area (Å²) in [6, 6.07) is 5.03. The monoisotopic (exact) mass is 454 g/mol. The van der Waals surface area contributed by atoms with Gasteiger partial charge in [-0.15, -0.1) is 0 Å². The van der Waals surface area contributed by atoms with Gasteiger partial charge in [0.25, 0.3) is 0 Å². The predicted octanol–water partition coefficient (Wildman–Crippen LogP) is 3.15. The zero-order valence-corrected chi connectivity index (χ0v) is 18.9. The van der Waals surface area contributed by atoms with Crippen LogP contribution in [0.3, 0.4) is 0 Å². The first kappa shape index (κ1) is 29.1. The van der Waals surface area contributed by atoms with Gasteiger partial charge in [-0.25, -0.2) is 9.59 Å². The van der Waals surface area contributed by atoms with Crippen molar-refractivity contribution < 1.29 is 44.2 Å². The zero-order chi connectivity index (χ0) is 24.7. The van der Waals surface area contributed by atoms with Crippen molar-refractivity contribution in [1.29, 1.82) is 0 Å². The summed E-state index contributed by atoms with van der Waals surface area (Å²) in [6.45, 7) is 14.5. The highest BCUT2D eigenvalue weighted by Gasteiger charge is 2.26. The van der Waals surface area contributed by atoms with Crippen molar-refractivity contribution in [2.45, 2.75) is 45.8 Å². The summed E-state index contributed by atoms with van der Waals surface area (Å²) in [5.74, 6) is -1.88. The van der Waals surface area contributed by atoms with Gasteiger partial charge < -0.3 is 34.6 Å². The number of aromatic hydroxyl groups is 2. The number of ether oxygens (including phenoxy) is 3. The molecule has 2 aliphatic rings. The van der Waals surface area contributed by atoms with Gasteiger partial charge in [0.15, 0.2) is 11.5 Å². The van der Waals surface area contributed by atoms with Gasteiger partial charge in [-0.2, -0.15) is 0 Å². The number of phenols is 2. The summed E-state index contributed by atoms with van der Waals surface area (Å²) in [4.78, 5) is 19.2. The van der Waals surface area contributed by atoms with Crippen LogP contribution in [0, 0.1) is 0 Å². The lowest BCUT2D eigenvalue weighted by molar-refractivity contribution is -0.133. The molecule has 2 aliphatic heterocycles. The van der Waals surface area contributed by atoms with Crippen LogP contribution in [0.4, 0.5) is 0 Å². The molecule has 0 radical (unpaired) electrons. The molecule has 9 nitrogen and oxygen atoms in total. The average Bonchev–Trinajstić information content (AvgIpc) is 3.63. The molecule has 0 amide bonds. The molecule has 3 rings (SSSR count). The molecule has 0 saturated carbocycles. The lowest BCUT2D eigenvalue weighted by atomic mass is 10.1. The van der Waals surface area contributed by atoms with Gasteiger partial charge in [0.1, 0.15) is 12.2 Å². The predicted molar refractivity (Wildman–Crippen MR) is 119 cm³/mol. The van der Waals surface area contributed by atoms with Crippen molar-refractivity contribution in [3.8, 4) is 11.5 Å². The molecule has 1 aromatic rings. The molecule has 2 saturated heterocycles. The van der Waals surface area contributed by atoms with Gasteiger partial charge in [0.05, 0.1) is 26.4 Å². The van der Waals surface area contributed by atoms with E-state index >= 15 is 0 Å². The molecule has 32 heavy (non-hydrogen) atoms. The van der Waals surface area contributed by atoms with Crippen molar-refractivity contribution in [3.63, 3.8) is 0 Å². The van der Waals surface area contributed by atoms with Gasteiger partial charge in [-0.3, -0.25) is 0 Å². The van der Waals surface area contributed by atoms with Crippen LogP contribution in [0.1, 0.15) is 32.8 Å². The number of carbonyl (C=O) groups is 2. The van der Waals surface area contributed by atoms with Crippen molar-refractivity contribution in [1.82, 2.24) is 0 Å². The number of hydrogen-bond donors (Lipinski definition) is 4. The number of carboxylic acids is 2. The molecular formula is C23H34O9. The first-order valence-corrected chi connectivity index (χ1v) is 10.1. The minimum atomic E-state index is -0.935. The second-order valence-corrected chi connectivity index (χ2v) is 7.15. The standard InChI is InChI=1S/C9H12O2.C6H10O3.2C4H6O2/c1-2-4-7-5-3-6-8(10)9(7)11;1(5-3-8-5)7-2-6-4-9-6;2*1-3(2)4(5)6/h3,5-6,10-11H,2,4H2,1H3;5-6H,1-4H2;2*1H2,2H3,(H,5,6). The third-order valence-corrected chi connectivity index (χ3v) is 3.76. The number of para-hydroxylation sites is 1. The van der Waals surface area contributed by atoms with Crippen LogP contribution in [-0.4, -0.2) is 71.0 Å². The molecule has 1 aromatic carbocycles. The molecule has 180 valence electrons. The summed E-state index contributed by atoms with van der Waals surface area (Å²) >= 11 is 0. The number of hydrogen-bond acceptors (Lipinski definition) is 7. The number of rotatable bonds is 8. The molecule has 0 bridgehead atoms. The Labute approximate surface area is 188 Å². The third kappa shape index (κ3) is 15.9. The number of aliphatic carboxylic acids is 2. The number of phenolic OH excluding ortho intramolecular Hbond substituents is 2. The molecule has 2 heterocycles. The molecule has 9 heteroatoms. The maximum absolute atomic E-state index is 9.60. The highest BCUT2D eigenvalue weighted by molar-refractivity contribution is 5.85. The quantitative estimate of drug-likeness (QED) is 0.264. The Balaban J connectivity index is 0.000000416. The van der Waals surface area contributed by atoms with Crippen LogP contribution in [0.2, 0.25) is 0 Å². The molecule has 4 N–H and O–H groups in total. The summed E-state index contributed by atoms with van der Waals surface area (Å²) in [7, 11) is 0. The maximum Gasteiger partial charge on any atom is 0.330 e. The van der Waals surface area contributed by atoms with E-state index in [4.69, 9.17) is 29.5 Å². The van der Waals surface area contributed by atoms with Crippen molar-refractivity contribution in [2.75, 3.05) is 26.4 Å². The van der Waals surface area contributed by atoms with Crippen LogP contribution in [0.5, 0.6) is 11.5 Å². The van der Waals surface area contributed by atoms with Crippen molar-refractivity contribution in [3.05, 3.63) is 48.1 Å². The molecule has 2 unspecified atom stereocenters. The Morgan fingerprint density at radius 1 is 1.00 bits per heavy atom. The minimum Gasteiger partial charge on any atom is -0.504 e. The van der Waals surface area contributed by atoms with E-state index in [0.717, 1.165) is 44.8 Å². The Kier molecular flexibility index (Phi) is 14.4. The molecule has 0 spiro atoms. The van der Waals surface area contributed by atoms with E-state index in [9.17, 15) is 14.7 Å². The van der Waals surface area contributed by atoms with E-state index in [1.165, 1.54) is 19.9 Å². The summed E-state index contributed by atoms with van der Waals surface area (Å²) < 4.78 is 15.1. The largest absolute Gasteiger partial charge is 0.504 e. The topological polar surface area (TPSA) is 149 Å². The van der Waals surface area contributed by atoms with Crippen molar-refractivity contribution in [2.24, 2.45) is 0 Å². The Morgan fingerprint density at radius 3 is 1.72 bits per heavy atom. The molecular weight excluding hydrogens is 420 g/mol. The summed E-state index contributed by atoms with van der Waals surface area (Å²) in [5, 5.41) is 34.1. The highest BCUT2D eigenvalue weighted by Crippen LogP contribution is 2.28. The molecule has 2 atom stereocenters. The third-order valence-electron chi connectivity index (χ3n) is 3.76. The van der Waals surface area contributed by atoms with Gasteiger partial charge >= 0.3 is 11.9 Å². The van der Waals surface area contributed by atoms with Gasteiger partial charge in [0.2, 0.25) is 0 Å². The fourth-order valence-electron chi connectivity index (χ4n) is 1.71. The van der Waals surface area contributed by atoms with Crippen LogP contribution in [-0.2, 0) is 30.2 Å². The van der Waals surface area contributed by atoms with E-state index in [1.54, 1.807) is 6.07 Å². The van der Waals surface area contributed by atoms with E-state index in [0.29, 0.717) is 12.2 Å². The zero-order valence-electron chi connectivity index (χ0n) is 18.9. The van der Waals surface area contributed by atoms with E-state index in [1.807, 2.05) is 13.0 Å². The Bertz CT molecular complexity index is 690. The maximum atomic E-state index is 9.60. The minimum absolute atomic E-state index is 0.0225. The SMILES string of the molecule is C(OCC1CO1)C1CO1.C=C(C)C(=O)O.C=C(C)C(=O)O.CCCc1cccc(O)c1O. The highest BCUT2D eigenvalue weighted by atomic mass is 16.6. The second-order valence-electron chi connectivity index (χ2n) is 7.15. The fraction of sp³-hybridized carbons (Fsp3) is 0.478. The molecule has 0 aliphatic carbocycles. The van der Waals surface area contributed by atoms with Crippen LogP contribution >= 0.6 is 0 Å². The second kappa shape index (κ2) is 15.9. The van der Waals surface area contributed by atoms with Crippen LogP contribution in [0.15, 0.2) is 42.5 Å². The van der Waals surface area contributed by atoms with Gasteiger partial charge in [-0.1, -0.05) is 38.6 Å². The smallest absolute Gasteiger partial charge is 0.330 e. The first-order valence-electron chi connectivity index (χ1n) is 10.1. The average molecular weight is 455 g/mol. The van der Waals surface area contributed by atoms with Crippen LogP contribution < -0.4 is 0 Å². The normalized spacial score (nSPS) is 17.1. The molecule has 0 aromatic heterocycles. The number of benzene rings is 1. The first-order chi connectivity index (χ1) is 15.0. The van der Waals surface area contributed by atoms with Crippen molar-refractivity contribution >= 4 is 11.9 Å². The van der Waals surface area contributed by atoms with Crippen LogP contribution in [0.25, 0.3) is 0 Å². The number of carboxylic acid groups (broad SMARTS) is 2. The lowest BCUT2D eigenvalue weighted by Gasteiger charge is -2.03. The number of aryl methyl sites for hydroxylation is 1. The van der Waals surface area contributed by atoms with Gasteiger partial charge in [-0.05, 0) is 31.9 Å². The molecule has 2 fully saturated rings.